The Morgan fingerprint density at radius 2 is 2.00 bits per heavy atom. The molecule has 0 aromatic heterocycles. The van der Waals surface area contributed by atoms with Gasteiger partial charge in [-0.15, -0.1) is 0 Å². The Morgan fingerprint density at radius 1 is 1.35 bits per heavy atom. The lowest BCUT2D eigenvalue weighted by atomic mass is 10.2. The van der Waals surface area contributed by atoms with Crippen molar-refractivity contribution in [1.82, 2.24) is 10.6 Å². The van der Waals surface area contributed by atoms with Crippen molar-refractivity contribution in [3.63, 3.8) is 0 Å². The molecule has 1 aliphatic carbocycles. The number of carbonyl (C=O) groups excluding carboxylic acids is 2. The fourth-order valence-electron chi connectivity index (χ4n) is 1.33. The van der Waals surface area contributed by atoms with Gasteiger partial charge in [-0.05, 0) is 26.2 Å². The van der Waals surface area contributed by atoms with Crippen LogP contribution >= 0.6 is 0 Å². The molecular weight excluding hydrogens is 224 g/mol. The third-order valence-corrected chi connectivity index (χ3v) is 2.58. The molecule has 0 bridgehead atoms. The molecule has 0 aliphatic heterocycles. The minimum Gasteiger partial charge on any atom is -0.480 e. The van der Waals surface area contributed by atoms with Gasteiger partial charge in [0.1, 0.15) is 6.04 Å². The molecular formula is C11H18N2O4. The van der Waals surface area contributed by atoms with E-state index >= 15 is 0 Å². The summed E-state index contributed by atoms with van der Waals surface area (Å²) in [4.78, 5) is 33.0. The summed E-state index contributed by atoms with van der Waals surface area (Å²) in [5.74, 6) is -1.12. The molecule has 1 fully saturated rings. The Kier molecular flexibility index (Phi) is 4.93. The second-order valence-corrected chi connectivity index (χ2v) is 4.30. The lowest BCUT2D eigenvalue weighted by Gasteiger charge is -2.09. The van der Waals surface area contributed by atoms with E-state index in [0.29, 0.717) is 13.0 Å². The van der Waals surface area contributed by atoms with E-state index in [1.807, 2.05) is 0 Å². The maximum Gasteiger partial charge on any atom is 0.325 e. The van der Waals surface area contributed by atoms with Crippen molar-refractivity contribution in [2.24, 2.45) is 5.92 Å². The summed E-state index contributed by atoms with van der Waals surface area (Å²) < 4.78 is 0. The van der Waals surface area contributed by atoms with Crippen molar-refractivity contribution < 1.29 is 19.5 Å². The number of amides is 2. The monoisotopic (exact) mass is 242 g/mol. The van der Waals surface area contributed by atoms with Crippen molar-refractivity contribution in [2.75, 3.05) is 6.54 Å². The molecule has 17 heavy (non-hydrogen) atoms. The van der Waals surface area contributed by atoms with Crippen LogP contribution in [0.1, 0.15) is 32.6 Å². The normalized spacial score (nSPS) is 16.1. The van der Waals surface area contributed by atoms with Gasteiger partial charge in [-0.3, -0.25) is 14.4 Å². The Labute approximate surface area is 99.8 Å². The fraction of sp³-hybridized carbons (Fsp3) is 0.727. The lowest BCUT2D eigenvalue weighted by molar-refractivity contribution is -0.141. The molecule has 0 aromatic carbocycles. The molecule has 1 aliphatic rings. The third-order valence-electron chi connectivity index (χ3n) is 2.58. The van der Waals surface area contributed by atoms with E-state index in [0.717, 1.165) is 12.8 Å². The second-order valence-electron chi connectivity index (χ2n) is 4.30. The maximum absolute atomic E-state index is 11.3. The third kappa shape index (κ3) is 5.33. The summed E-state index contributed by atoms with van der Waals surface area (Å²) >= 11 is 0. The first-order valence-electron chi connectivity index (χ1n) is 5.80. The molecule has 0 spiro atoms. The number of carbonyl (C=O) groups is 3. The van der Waals surface area contributed by atoms with Crippen LogP contribution in [0.3, 0.4) is 0 Å². The van der Waals surface area contributed by atoms with Crippen LogP contribution in [0.4, 0.5) is 0 Å². The van der Waals surface area contributed by atoms with Crippen LogP contribution in [0.2, 0.25) is 0 Å². The van der Waals surface area contributed by atoms with Gasteiger partial charge >= 0.3 is 5.97 Å². The summed E-state index contributed by atoms with van der Waals surface area (Å²) in [5.41, 5.74) is 0. The predicted octanol–water partition coefficient (Wildman–Crippen LogP) is -0.118. The number of carboxylic acids is 1. The van der Waals surface area contributed by atoms with Crippen LogP contribution in [0.25, 0.3) is 0 Å². The van der Waals surface area contributed by atoms with Gasteiger partial charge in [-0.1, -0.05) is 0 Å². The van der Waals surface area contributed by atoms with Crippen LogP contribution in [0.15, 0.2) is 0 Å². The highest BCUT2D eigenvalue weighted by Crippen LogP contribution is 2.28. The molecule has 2 amide bonds. The quantitative estimate of drug-likeness (QED) is 0.542. The van der Waals surface area contributed by atoms with Gasteiger partial charge < -0.3 is 15.7 Å². The average molecular weight is 242 g/mol. The molecule has 1 rings (SSSR count). The zero-order valence-corrected chi connectivity index (χ0v) is 9.86. The molecule has 6 nitrogen and oxygen atoms in total. The van der Waals surface area contributed by atoms with Gasteiger partial charge in [-0.2, -0.15) is 0 Å². The molecule has 1 saturated carbocycles. The first-order valence-corrected chi connectivity index (χ1v) is 5.80. The number of hydrogen-bond acceptors (Lipinski definition) is 3. The summed E-state index contributed by atoms with van der Waals surface area (Å²) in [6.07, 6.45) is 2.67. The Hall–Kier alpha value is -1.59. The SMILES string of the molecule is C[C@@H](NC(=O)CCCNC(=O)C1CC1)C(=O)O. The largest absolute Gasteiger partial charge is 0.480 e. The number of aliphatic carboxylic acids is 1. The van der Waals surface area contributed by atoms with Gasteiger partial charge in [0, 0.05) is 18.9 Å². The van der Waals surface area contributed by atoms with Gasteiger partial charge in [0.2, 0.25) is 11.8 Å². The van der Waals surface area contributed by atoms with Gasteiger partial charge in [0.05, 0.1) is 0 Å². The van der Waals surface area contributed by atoms with Gasteiger partial charge in [0.15, 0.2) is 0 Å². The van der Waals surface area contributed by atoms with E-state index in [1.165, 1.54) is 6.92 Å². The van der Waals surface area contributed by atoms with Gasteiger partial charge in [0.25, 0.3) is 0 Å². The van der Waals surface area contributed by atoms with Crippen molar-refractivity contribution >= 4 is 17.8 Å². The zero-order chi connectivity index (χ0) is 12.8. The Bertz CT molecular complexity index is 313. The van der Waals surface area contributed by atoms with Crippen molar-refractivity contribution in [3.8, 4) is 0 Å². The van der Waals surface area contributed by atoms with Crippen molar-refractivity contribution in [2.45, 2.75) is 38.6 Å². The maximum atomic E-state index is 11.3. The molecule has 3 N–H and O–H groups in total. The fourth-order valence-corrected chi connectivity index (χ4v) is 1.33. The van der Waals surface area contributed by atoms with E-state index in [4.69, 9.17) is 5.11 Å². The summed E-state index contributed by atoms with van der Waals surface area (Å²) in [6, 6.07) is -0.872. The van der Waals surface area contributed by atoms with E-state index < -0.39 is 12.0 Å². The molecule has 6 heteroatoms. The van der Waals surface area contributed by atoms with E-state index in [-0.39, 0.29) is 24.2 Å². The van der Waals surface area contributed by atoms with E-state index in [9.17, 15) is 14.4 Å². The summed E-state index contributed by atoms with van der Waals surface area (Å²) in [7, 11) is 0. The molecule has 0 heterocycles. The number of rotatable bonds is 7. The first kappa shape index (κ1) is 13.5. The summed E-state index contributed by atoms with van der Waals surface area (Å²) in [5, 5.41) is 13.7. The molecule has 96 valence electrons. The molecule has 0 radical (unpaired) electrons. The summed E-state index contributed by atoms with van der Waals surface area (Å²) in [6.45, 7) is 1.87. The van der Waals surface area contributed by atoms with E-state index in [1.54, 1.807) is 0 Å². The Morgan fingerprint density at radius 3 is 2.53 bits per heavy atom. The minimum absolute atomic E-state index is 0.0595. The van der Waals surface area contributed by atoms with Crippen LogP contribution in [-0.2, 0) is 14.4 Å². The smallest absolute Gasteiger partial charge is 0.325 e. The molecule has 0 unspecified atom stereocenters. The van der Waals surface area contributed by atoms with Crippen LogP contribution in [-0.4, -0.2) is 35.5 Å². The standard InChI is InChI=1S/C11H18N2O4/c1-7(11(16)17)13-9(14)3-2-6-12-10(15)8-4-5-8/h7-8H,2-6H2,1H3,(H,12,15)(H,13,14)(H,16,17)/t7-/m1/s1. The number of hydrogen-bond donors (Lipinski definition) is 3. The first-order chi connectivity index (χ1) is 8.00. The highest BCUT2D eigenvalue weighted by molar-refractivity contribution is 5.83. The number of nitrogens with one attached hydrogen (secondary N) is 2. The van der Waals surface area contributed by atoms with Gasteiger partial charge in [-0.25, -0.2) is 0 Å². The second kappa shape index (κ2) is 6.22. The van der Waals surface area contributed by atoms with E-state index in [2.05, 4.69) is 10.6 Å². The molecule has 0 saturated heterocycles. The van der Waals surface area contributed by atoms with Crippen LogP contribution in [0.5, 0.6) is 0 Å². The average Bonchev–Trinajstić information content (AvgIpc) is 3.07. The highest BCUT2D eigenvalue weighted by atomic mass is 16.4. The van der Waals surface area contributed by atoms with Crippen LogP contribution in [0, 0.1) is 5.92 Å². The predicted molar refractivity (Wildman–Crippen MR) is 60.2 cm³/mol. The highest BCUT2D eigenvalue weighted by Gasteiger charge is 2.28. The zero-order valence-electron chi connectivity index (χ0n) is 9.86. The lowest BCUT2D eigenvalue weighted by Crippen LogP contribution is -2.38. The van der Waals surface area contributed by atoms with Crippen molar-refractivity contribution in [3.05, 3.63) is 0 Å². The molecule has 1 atom stereocenters. The minimum atomic E-state index is -1.06. The molecule has 0 aromatic rings. The van der Waals surface area contributed by atoms with Crippen molar-refractivity contribution in [1.29, 1.82) is 0 Å². The topological polar surface area (TPSA) is 95.5 Å². The Balaban J connectivity index is 2.03. The number of carboxylic acid groups (broad SMARTS) is 1. The van der Waals surface area contributed by atoms with Crippen LogP contribution < -0.4 is 10.6 Å².